The van der Waals surface area contributed by atoms with Gasteiger partial charge in [-0.2, -0.15) is 13.2 Å². The molecule has 6 nitrogen and oxygen atoms in total. The zero-order valence-corrected chi connectivity index (χ0v) is 20.0. The Labute approximate surface area is 206 Å². The van der Waals surface area contributed by atoms with Crippen LogP contribution in [-0.2, 0) is 29.4 Å². The maximum Gasteiger partial charge on any atom is 0.416 e. The molecule has 5 rings (SSSR count). The maximum absolute atomic E-state index is 13.0. The summed E-state index contributed by atoms with van der Waals surface area (Å²) in [5.74, 6) is -0.158. The molecule has 2 aromatic carbocycles. The van der Waals surface area contributed by atoms with E-state index in [1.54, 1.807) is 0 Å². The van der Waals surface area contributed by atoms with Gasteiger partial charge in [-0.15, -0.1) is 0 Å². The third-order valence-electron chi connectivity index (χ3n) is 6.72. The molecular weight excluding hydrogens is 527 g/mol. The number of amides is 1. The molecule has 182 valence electrons. The molecule has 0 saturated heterocycles. The fraction of sp³-hybridized carbons (Fsp3) is 0.320. The average molecular weight is 548 g/mol. The van der Waals surface area contributed by atoms with E-state index in [2.05, 4.69) is 20.9 Å². The number of hydrogen-bond acceptors (Lipinski definition) is 4. The summed E-state index contributed by atoms with van der Waals surface area (Å²) < 4.78 is 40.0. The molecule has 35 heavy (non-hydrogen) atoms. The van der Waals surface area contributed by atoms with Gasteiger partial charge < -0.3 is 15.0 Å². The van der Waals surface area contributed by atoms with Crippen LogP contribution in [0.25, 0.3) is 0 Å². The molecule has 3 aromatic rings. The largest absolute Gasteiger partial charge is 0.416 e. The number of hydrogen-bond donors (Lipinski definition) is 2. The molecule has 2 aliphatic rings. The lowest BCUT2D eigenvalue weighted by atomic mass is 9.94. The van der Waals surface area contributed by atoms with E-state index >= 15 is 0 Å². The number of fused-ring (bicyclic) bond motifs is 1. The lowest BCUT2D eigenvalue weighted by molar-refractivity contribution is -0.142. The Hall–Kier alpha value is -2.98. The van der Waals surface area contributed by atoms with E-state index in [1.165, 1.54) is 11.0 Å². The Balaban J connectivity index is 1.38. The average Bonchev–Trinajstić information content (AvgIpc) is 3.65. The number of halogens is 4. The van der Waals surface area contributed by atoms with Crippen LogP contribution in [0.15, 0.2) is 57.8 Å². The number of carbonyl (C=O) groups is 1. The summed E-state index contributed by atoms with van der Waals surface area (Å²) in [4.78, 5) is 34.8. The number of nitrogens with one attached hydrogen (secondary N) is 1. The predicted octanol–water partition coefficient (Wildman–Crippen LogP) is 4.25. The van der Waals surface area contributed by atoms with E-state index in [0.717, 1.165) is 41.1 Å². The molecule has 1 fully saturated rings. The third-order valence-corrected chi connectivity index (χ3v) is 7.22. The van der Waals surface area contributed by atoms with Gasteiger partial charge in [-0.3, -0.25) is 9.59 Å². The number of H-pyrrole nitrogens is 1. The monoisotopic (exact) mass is 547 g/mol. The Morgan fingerprint density at radius 2 is 1.91 bits per heavy atom. The normalized spacial score (nSPS) is 17.6. The maximum atomic E-state index is 13.0. The fourth-order valence-electron chi connectivity index (χ4n) is 4.61. The highest BCUT2D eigenvalue weighted by Crippen LogP contribution is 2.52. The number of alkyl halides is 3. The minimum Gasteiger partial charge on any atom is -0.378 e. The number of aromatic nitrogens is 2. The summed E-state index contributed by atoms with van der Waals surface area (Å²) in [5.41, 5.74) is 0.201. The predicted molar refractivity (Wildman–Crippen MR) is 125 cm³/mol. The summed E-state index contributed by atoms with van der Waals surface area (Å²) >= 11 is 3.49. The summed E-state index contributed by atoms with van der Waals surface area (Å²) in [6.07, 6.45) is -4.33. The van der Waals surface area contributed by atoms with Gasteiger partial charge in [-0.25, -0.2) is 4.98 Å². The molecule has 0 unspecified atom stereocenters. The first kappa shape index (κ1) is 23.7. The second kappa shape index (κ2) is 8.60. The topological polar surface area (TPSA) is 86.3 Å². The molecule has 1 amide bonds. The van der Waals surface area contributed by atoms with Gasteiger partial charge in [0.15, 0.2) is 6.10 Å². The third kappa shape index (κ3) is 4.40. The van der Waals surface area contributed by atoms with Crippen LogP contribution < -0.4 is 5.56 Å². The fourth-order valence-corrected chi connectivity index (χ4v) is 5.01. The molecule has 1 saturated carbocycles. The van der Waals surface area contributed by atoms with Gasteiger partial charge in [0.25, 0.3) is 11.5 Å². The van der Waals surface area contributed by atoms with E-state index in [0.29, 0.717) is 23.5 Å². The van der Waals surface area contributed by atoms with Crippen molar-refractivity contribution in [1.82, 2.24) is 14.9 Å². The number of aliphatic hydroxyl groups is 1. The van der Waals surface area contributed by atoms with Gasteiger partial charge in [0.1, 0.15) is 5.82 Å². The summed E-state index contributed by atoms with van der Waals surface area (Å²) in [5, 5.41) is 10.5. The van der Waals surface area contributed by atoms with E-state index < -0.39 is 23.8 Å². The first-order valence-corrected chi connectivity index (χ1v) is 11.9. The molecule has 10 heteroatoms. The van der Waals surface area contributed by atoms with Crippen molar-refractivity contribution in [2.24, 2.45) is 0 Å². The van der Waals surface area contributed by atoms with Gasteiger partial charge in [-0.1, -0.05) is 40.2 Å². The summed E-state index contributed by atoms with van der Waals surface area (Å²) in [6.45, 7) is 0.123. The van der Waals surface area contributed by atoms with Crippen LogP contribution in [0, 0.1) is 0 Å². The molecule has 1 aliphatic heterocycles. The number of benzene rings is 2. The van der Waals surface area contributed by atoms with Crippen LogP contribution in [0.4, 0.5) is 13.2 Å². The summed E-state index contributed by atoms with van der Waals surface area (Å²) in [6, 6.07) is 12.0. The molecule has 1 atom stereocenters. The SMILES string of the molecule is O=C([C@H](O)c1cccc(C(F)(F)F)c1)N1CCc2nc(C3(c4cccc(Br)c4)CC3)[nH]c(=O)c2C1. The molecule has 2 heterocycles. The van der Waals surface area contributed by atoms with Crippen molar-refractivity contribution in [3.8, 4) is 0 Å². The van der Waals surface area contributed by atoms with E-state index in [4.69, 9.17) is 4.98 Å². The van der Waals surface area contributed by atoms with Crippen molar-refractivity contribution in [3.05, 3.63) is 97.1 Å². The van der Waals surface area contributed by atoms with Gasteiger partial charge >= 0.3 is 6.18 Å². The van der Waals surface area contributed by atoms with Gasteiger partial charge in [0, 0.05) is 17.4 Å². The van der Waals surface area contributed by atoms with E-state index in [9.17, 15) is 27.9 Å². The number of rotatable bonds is 4. The van der Waals surface area contributed by atoms with Crippen molar-refractivity contribution in [3.63, 3.8) is 0 Å². The minimum atomic E-state index is -4.59. The van der Waals surface area contributed by atoms with Crippen molar-refractivity contribution in [1.29, 1.82) is 0 Å². The van der Waals surface area contributed by atoms with Crippen LogP contribution in [-0.4, -0.2) is 32.4 Å². The first-order chi connectivity index (χ1) is 16.6. The Kier molecular flexibility index (Phi) is 5.83. The highest BCUT2D eigenvalue weighted by atomic mass is 79.9. The lowest BCUT2D eigenvalue weighted by Crippen LogP contribution is -2.42. The van der Waals surface area contributed by atoms with Crippen molar-refractivity contribution in [2.75, 3.05) is 6.54 Å². The molecule has 0 radical (unpaired) electrons. The second-order valence-corrected chi connectivity index (χ2v) is 9.88. The van der Waals surface area contributed by atoms with Crippen LogP contribution in [0.1, 0.15) is 52.7 Å². The molecule has 0 bridgehead atoms. The Morgan fingerprint density at radius 3 is 2.60 bits per heavy atom. The smallest absolute Gasteiger partial charge is 0.378 e. The number of aliphatic hydroxyl groups excluding tert-OH is 1. The van der Waals surface area contributed by atoms with E-state index in [1.807, 2.05) is 24.3 Å². The lowest BCUT2D eigenvalue weighted by Gasteiger charge is -2.30. The van der Waals surface area contributed by atoms with Crippen LogP contribution >= 0.6 is 15.9 Å². The van der Waals surface area contributed by atoms with E-state index in [-0.39, 0.29) is 29.6 Å². The van der Waals surface area contributed by atoms with Crippen LogP contribution in [0.2, 0.25) is 0 Å². The zero-order valence-electron chi connectivity index (χ0n) is 18.4. The zero-order chi connectivity index (χ0) is 25.0. The summed E-state index contributed by atoms with van der Waals surface area (Å²) in [7, 11) is 0. The Morgan fingerprint density at radius 1 is 1.17 bits per heavy atom. The molecular formula is C25H21BrF3N3O3. The van der Waals surface area contributed by atoms with Gasteiger partial charge in [-0.05, 0) is 48.2 Å². The van der Waals surface area contributed by atoms with Crippen LogP contribution in [0.3, 0.4) is 0 Å². The van der Waals surface area contributed by atoms with Gasteiger partial charge in [0.2, 0.25) is 0 Å². The Bertz CT molecular complexity index is 1370. The van der Waals surface area contributed by atoms with Crippen LogP contribution in [0.5, 0.6) is 0 Å². The number of carbonyl (C=O) groups excluding carboxylic acids is 1. The standard InChI is InChI=1S/C25H21BrF3N3O3/c26-17-6-2-4-15(12-17)24(8-9-24)23-30-19-7-10-32(13-18(19)21(34)31-23)22(35)20(33)14-3-1-5-16(11-14)25(27,28)29/h1-6,11-12,20,33H,7-10,13H2,(H,30,31,34)/t20-/m1/s1. The molecule has 1 aliphatic carbocycles. The van der Waals surface area contributed by atoms with Crippen molar-refractivity contribution >= 4 is 21.8 Å². The second-order valence-electron chi connectivity index (χ2n) is 8.97. The van der Waals surface area contributed by atoms with Gasteiger partial charge in [0.05, 0.1) is 28.8 Å². The highest BCUT2D eigenvalue weighted by Gasteiger charge is 2.49. The first-order valence-electron chi connectivity index (χ1n) is 11.1. The highest BCUT2D eigenvalue weighted by molar-refractivity contribution is 9.10. The molecule has 0 spiro atoms. The van der Waals surface area contributed by atoms with Crippen molar-refractivity contribution in [2.45, 2.75) is 43.5 Å². The molecule has 1 aromatic heterocycles. The number of nitrogens with zero attached hydrogens (tertiary/aromatic N) is 2. The quantitative estimate of drug-likeness (QED) is 0.511. The molecule has 2 N–H and O–H groups in total. The minimum absolute atomic E-state index is 0.0727. The number of aromatic amines is 1. The van der Waals surface area contributed by atoms with Crippen molar-refractivity contribution < 1.29 is 23.1 Å².